The number of hydrogen-bond donors (Lipinski definition) is 3. The minimum Gasteiger partial charge on any atom is -0.396 e. The highest BCUT2D eigenvalue weighted by Gasteiger charge is 2.19. The van der Waals surface area contributed by atoms with E-state index in [0.717, 1.165) is 0 Å². The molecular weight excluding hydrogens is 246 g/mol. The van der Waals surface area contributed by atoms with Crippen molar-refractivity contribution in [2.45, 2.75) is 12.5 Å². The molecule has 90 valence electrons. The van der Waals surface area contributed by atoms with Crippen LogP contribution in [-0.4, -0.2) is 34.2 Å². The highest BCUT2D eigenvalue weighted by atomic mass is 35.5. The van der Waals surface area contributed by atoms with Gasteiger partial charge in [0.15, 0.2) is 0 Å². The summed E-state index contributed by atoms with van der Waals surface area (Å²) in [6, 6.07) is 1.63. The van der Waals surface area contributed by atoms with E-state index >= 15 is 0 Å². The first-order valence-electron chi connectivity index (χ1n) is 4.81. The Morgan fingerprint density at radius 3 is 2.94 bits per heavy atom. The maximum atomic E-state index is 9.94. The second-order valence-electron chi connectivity index (χ2n) is 3.87. The highest BCUT2D eigenvalue weighted by molar-refractivity contribution is 7.98. The summed E-state index contributed by atoms with van der Waals surface area (Å²) in [6.45, 7) is 2.16. The molecule has 0 amide bonds. The van der Waals surface area contributed by atoms with Gasteiger partial charge in [0, 0.05) is 18.5 Å². The molecule has 16 heavy (non-hydrogen) atoms. The molecule has 0 bridgehead atoms. The summed E-state index contributed by atoms with van der Waals surface area (Å²) in [6.07, 6.45) is 3.47. The molecule has 1 heterocycles. The van der Waals surface area contributed by atoms with Crippen LogP contribution in [-0.2, 0) is 0 Å². The molecule has 1 aromatic heterocycles. The molecule has 0 fully saturated rings. The van der Waals surface area contributed by atoms with Crippen molar-refractivity contribution in [3.05, 3.63) is 17.3 Å². The first kappa shape index (κ1) is 13.4. The summed E-state index contributed by atoms with van der Waals surface area (Å²) in [5, 5.41) is 13.4. The minimum atomic E-state index is -0.785. The maximum absolute atomic E-state index is 9.94. The third-order valence-electron chi connectivity index (χ3n) is 1.98. The Kier molecular flexibility index (Phi) is 4.70. The van der Waals surface area contributed by atoms with Gasteiger partial charge in [-0.3, -0.25) is 0 Å². The predicted molar refractivity (Wildman–Crippen MR) is 71.2 cm³/mol. The molecule has 1 aromatic rings. The van der Waals surface area contributed by atoms with Crippen LogP contribution >= 0.6 is 23.4 Å². The molecule has 0 aliphatic carbocycles. The largest absolute Gasteiger partial charge is 0.396 e. The Morgan fingerprint density at radius 2 is 2.38 bits per heavy atom. The van der Waals surface area contributed by atoms with Crippen LogP contribution in [0, 0.1) is 0 Å². The van der Waals surface area contributed by atoms with E-state index < -0.39 is 5.60 Å². The van der Waals surface area contributed by atoms with Crippen molar-refractivity contribution in [1.29, 1.82) is 0 Å². The number of pyridine rings is 1. The van der Waals surface area contributed by atoms with Gasteiger partial charge in [-0.25, -0.2) is 4.98 Å². The number of thioether (sulfide) groups is 1. The van der Waals surface area contributed by atoms with Crippen molar-refractivity contribution in [2.75, 3.05) is 29.6 Å². The predicted octanol–water partition coefficient (Wildman–Crippen LogP) is 1.84. The Hall–Kier alpha value is -0.650. The first-order chi connectivity index (χ1) is 7.44. The molecule has 1 unspecified atom stereocenters. The van der Waals surface area contributed by atoms with Gasteiger partial charge >= 0.3 is 0 Å². The van der Waals surface area contributed by atoms with E-state index in [0.29, 0.717) is 28.8 Å². The Balaban J connectivity index is 2.61. The lowest BCUT2D eigenvalue weighted by Gasteiger charge is -2.23. The lowest BCUT2D eigenvalue weighted by atomic mass is 10.1. The number of rotatable bonds is 5. The van der Waals surface area contributed by atoms with Crippen LogP contribution in [0.15, 0.2) is 12.3 Å². The molecule has 6 heteroatoms. The second kappa shape index (κ2) is 5.61. The van der Waals surface area contributed by atoms with E-state index in [2.05, 4.69) is 10.3 Å². The molecule has 0 radical (unpaired) electrons. The van der Waals surface area contributed by atoms with Gasteiger partial charge in [0.2, 0.25) is 0 Å². The average molecular weight is 262 g/mol. The van der Waals surface area contributed by atoms with E-state index in [4.69, 9.17) is 17.3 Å². The fourth-order valence-corrected chi connectivity index (χ4v) is 2.13. The zero-order valence-electron chi connectivity index (χ0n) is 9.33. The van der Waals surface area contributed by atoms with Gasteiger partial charge in [-0.2, -0.15) is 11.8 Å². The van der Waals surface area contributed by atoms with Crippen molar-refractivity contribution in [2.24, 2.45) is 0 Å². The molecule has 1 rings (SSSR count). The Labute approximate surface area is 105 Å². The van der Waals surface area contributed by atoms with Crippen molar-refractivity contribution in [1.82, 2.24) is 4.98 Å². The number of hydrogen-bond acceptors (Lipinski definition) is 5. The van der Waals surface area contributed by atoms with Crippen LogP contribution in [0.5, 0.6) is 0 Å². The smallest absolute Gasteiger partial charge is 0.149 e. The number of halogens is 1. The number of anilines is 2. The molecule has 0 saturated carbocycles. The summed E-state index contributed by atoms with van der Waals surface area (Å²) in [5.74, 6) is 1.19. The number of aliphatic hydroxyl groups is 1. The highest BCUT2D eigenvalue weighted by Crippen LogP contribution is 2.20. The molecule has 0 aliphatic heterocycles. The maximum Gasteiger partial charge on any atom is 0.149 e. The number of nitrogens with zero attached hydrogens (tertiary/aromatic N) is 1. The number of nitrogens with two attached hydrogens (primary N) is 1. The standard InChI is InChI=1S/C10H16ClN3OS/c1-10(15,6-16-2)5-14-9-8(12)3-7(11)4-13-9/h3-4,15H,5-6,12H2,1-2H3,(H,13,14). The molecule has 1 atom stereocenters. The third-order valence-corrected chi connectivity index (χ3v) is 3.09. The molecule has 4 nitrogen and oxygen atoms in total. The van der Waals surface area contributed by atoms with Crippen molar-refractivity contribution in [3.8, 4) is 0 Å². The fourth-order valence-electron chi connectivity index (χ4n) is 1.24. The fraction of sp³-hybridized carbons (Fsp3) is 0.500. The van der Waals surface area contributed by atoms with Crippen LogP contribution < -0.4 is 11.1 Å². The van der Waals surface area contributed by atoms with Crippen LogP contribution in [0.4, 0.5) is 11.5 Å². The van der Waals surface area contributed by atoms with Crippen LogP contribution in [0.1, 0.15) is 6.92 Å². The van der Waals surface area contributed by atoms with E-state index in [9.17, 15) is 5.11 Å². The minimum absolute atomic E-state index is 0.396. The summed E-state index contributed by atoms with van der Waals surface area (Å²) in [7, 11) is 0. The summed E-state index contributed by atoms with van der Waals surface area (Å²) < 4.78 is 0. The van der Waals surface area contributed by atoms with Crippen molar-refractivity contribution < 1.29 is 5.11 Å². The lowest BCUT2D eigenvalue weighted by Crippen LogP contribution is -2.36. The van der Waals surface area contributed by atoms with Crippen LogP contribution in [0.25, 0.3) is 0 Å². The quantitative estimate of drug-likeness (QED) is 0.755. The second-order valence-corrected chi connectivity index (χ2v) is 5.18. The zero-order valence-corrected chi connectivity index (χ0v) is 10.9. The Morgan fingerprint density at radius 1 is 1.69 bits per heavy atom. The van der Waals surface area contributed by atoms with Crippen molar-refractivity contribution >= 4 is 34.9 Å². The van der Waals surface area contributed by atoms with E-state index in [-0.39, 0.29) is 0 Å². The normalized spacial score (nSPS) is 14.5. The summed E-state index contributed by atoms with van der Waals surface area (Å²) >= 11 is 7.32. The molecule has 0 aliphatic rings. The van der Waals surface area contributed by atoms with Crippen molar-refractivity contribution in [3.63, 3.8) is 0 Å². The number of aromatic nitrogens is 1. The average Bonchev–Trinajstić information content (AvgIpc) is 2.16. The van der Waals surface area contributed by atoms with Gasteiger partial charge in [-0.15, -0.1) is 0 Å². The lowest BCUT2D eigenvalue weighted by molar-refractivity contribution is 0.0996. The summed E-state index contributed by atoms with van der Waals surface area (Å²) in [4.78, 5) is 4.06. The SMILES string of the molecule is CSCC(C)(O)CNc1ncc(Cl)cc1N. The molecule has 0 aromatic carbocycles. The van der Waals surface area contributed by atoms with Gasteiger partial charge in [0.05, 0.1) is 16.3 Å². The van der Waals surface area contributed by atoms with E-state index in [1.54, 1.807) is 24.8 Å². The monoisotopic (exact) mass is 261 g/mol. The van der Waals surface area contributed by atoms with Gasteiger partial charge in [0.1, 0.15) is 5.82 Å². The molecular formula is C10H16ClN3OS. The van der Waals surface area contributed by atoms with Gasteiger partial charge in [-0.05, 0) is 19.2 Å². The first-order valence-corrected chi connectivity index (χ1v) is 6.58. The zero-order chi connectivity index (χ0) is 12.2. The van der Waals surface area contributed by atoms with E-state index in [1.165, 1.54) is 6.20 Å². The van der Waals surface area contributed by atoms with Gasteiger partial charge < -0.3 is 16.2 Å². The molecule has 0 spiro atoms. The number of nitrogen functional groups attached to an aromatic ring is 1. The molecule has 0 saturated heterocycles. The van der Waals surface area contributed by atoms with Crippen LogP contribution in [0.2, 0.25) is 5.02 Å². The number of nitrogens with one attached hydrogen (secondary N) is 1. The van der Waals surface area contributed by atoms with Gasteiger partial charge in [0.25, 0.3) is 0 Å². The van der Waals surface area contributed by atoms with Gasteiger partial charge in [-0.1, -0.05) is 11.6 Å². The summed E-state index contributed by atoms with van der Waals surface area (Å²) in [5.41, 5.74) is 5.42. The van der Waals surface area contributed by atoms with E-state index in [1.807, 2.05) is 6.26 Å². The molecule has 4 N–H and O–H groups in total. The topological polar surface area (TPSA) is 71.2 Å². The van der Waals surface area contributed by atoms with Crippen LogP contribution in [0.3, 0.4) is 0 Å². The third kappa shape index (κ3) is 4.08. The Bertz CT molecular complexity index is 360.